The molecule has 1 fully saturated rings. The predicted molar refractivity (Wildman–Crippen MR) is 96.6 cm³/mol. The summed E-state index contributed by atoms with van der Waals surface area (Å²) in [5, 5.41) is 2.98. The molecule has 7 heteroatoms. The number of fused-ring (bicyclic) bond motifs is 1. The first-order valence-electron chi connectivity index (χ1n) is 8.63. The van der Waals surface area contributed by atoms with Crippen LogP contribution in [0.25, 0.3) is 5.78 Å². The number of imidazole rings is 1. The summed E-state index contributed by atoms with van der Waals surface area (Å²) in [6, 6.07) is 2.11. The zero-order chi connectivity index (χ0) is 17.4. The largest absolute Gasteiger partial charge is 0.334 e. The Hall–Kier alpha value is -2.28. The van der Waals surface area contributed by atoms with Crippen LogP contribution >= 0.6 is 11.3 Å². The first-order chi connectivity index (χ1) is 12.1. The van der Waals surface area contributed by atoms with Crippen LogP contribution in [0.2, 0.25) is 0 Å². The maximum atomic E-state index is 12.9. The highest BCUT2D eigenvalue weighted by atomic mass is 32.1. The van der Waals surface area contributed by atoms with Crippen molar-refractivity contribution < 1.29 is 4.79 Å². The lowest BCUT2D eigenvalue weighted by molar-refractivity contribution is -0.134. The minimum absolute atomic E-state index is 0.0291. The number of carbonyl (C=O) groups is 1. The van der Waals surface area contributed by atoms with Gasteiger partial charge in [-0.05, 0) is 39.2 Å². The molecule has 1 atom stereocenters. The summed E-state index contributed by atoms with van der Waals surface area (Å²) >= 11 is 1.59. The molecule has 1 aliphatic rings. The highest BCUT2D eigenvalue weighted by molar-refractivity contribution is 7.09. The molecule has 0 spiro atoms. The Kier molecular flexibility index (Phi) is 4.25. The number of aromatic nitrogens is 4. The van der Waals surface area contributed by atoms with Crippen LogP contribution in [-0.4, -0.2) is 36.7 Å². The fourth-order valence-electron chi connectivity index (χ4n) is 3.54. The molecule has 4 rings (SSSR count). The van der Waals surface area contributed by atoms with Gasteiger partial charge in [0.2, 0.25) is 11.7 Å². The van der Waals surface area contributed by atoms with E-state index in [2.05, 4.69) is 16.0 Å². The van der Waals surface area contributed by atoms with Crippen LogP contribution in [0.15, 0.2) is 23.8 Å². The molecular formula is C18H21N5OS. The fraction of sp³-hybridized carbons (Fsp3) is 0.444. The standard InChI is InChI=1S/C18H21N5OS/c1-12-9-15(21-18-19-6-8-22(12)18)16-5-3-4-7-23(16)17(24)10-14-11-25-13(2)20-14/h6,8-9,11,16H,3-5,7,10H2,1-2H3. The van der Waals surface area contributed by atoms with Gasteiger partial charge in [-0.15, -0.1) is 11.3 Å². The van der Waals surface area contributed by atoms with Gasteiger partial charge in [0.1, 0.15) is 0 Å². The van der Waals surface area contributed by atoms with E-state index in [1.165, 1.54) is 0 Å². The van der Waals surface area contributed by atoms with E-state index < -0.39 is 0 Å². The van der Waals surface area contributed by atoms with Crippen molar-refractivity contribution in [3.8, 4) is 0 Å². The van der Waals surface area contributed by atoms with Crippen molar-refractivity contribution in [2.45, 2.75) is 45.6 Å². The maximum Gasteiger partial charge on any atom is 0.234 e. The highest BCUT2D eigenvalue weighted by Crippen LogP contribution is 2.31. The summed E-state index contributed by atoms with van der Waals surface area (Å²) in [5.74, 6) is 0.834. The third kappa shape index (κ3) is 3.16. The molecule has 0 N–H and O–H groups in total. The quantitative estimate of drug-likeness (QED) is 0.724. The number of nitrogens with zero attached hydrogens (tertiary/aromatic N) is 5. The van der Waals surface area contributed by atoms with Crippen LogP contribution < -0.4 is 0 Å². The topological polar surface area (TPSA) is 63.4 Å². The number of rotatable bonds is 3. The second kappa shape index (κ2) is 6.55. The molecule has 1 aliphatic heterocycles. The van der Waals surface area contributed by atoms with Crippen LogP contribution in [0.5, 0.6) is 0 Å². The Balaban J connectivity index is 1.62. The van der Waals surface area contributed by atoms with Gasteiger partial charge in [0.05, 0.1) is 28.9 Å². The molecule has 0 bridgehead atoms. The van der Waals surface area contributed by atoms with E-state index in [-0.39, 0.29) is 11.9 Å². The molecule has 0 radical (unpaired) electrons. The average molecular weight is 355 g/mol. The molecule has 130 valence electrons. The van der Waals surface area contributed by atoms with Crippen LogP contribution in [0.4, 0.5) is 0 Å². The van der Waals surface area contributed by atoms with Crippen molar-refractivity contribution in [1.29, 1.82) is 0 Å². The second-order valence-corrected chi connectivity index (χ2v) is 7.62. The van der Waals surface area contributed by atoms with Crippen molar-refractivity contribution in [2.24, 2.45) is 0 Å². The molecule has 0 aliphatic carbocycles. The number of thiazole rings is 1. The highest BCUT2D eigenvalue weighted by Gasteiger charge is 2.29. The van der Waals surface area contributed by atoms with E-state index in [0.717, 1.165) is 47.9 Å². The van der Waals surface area contributed by atoms with E-state index in [9.17, 15) is 4.79 Å². The molecule has 6 nitrogen and oxygen atoms in total. The fourth-order valence-corrected chi connectivity index (χ4v) is 4.15. The normalized spacial score (nSPS) is 18.0. The Morgan fingerprint density at radius 1 is 1.32 bits per heavy atom. The van der Waals surface area contributed by atoms with E-state index in [1.807, 2.05) is 34.7 Å². The van der Waals surface area contributed by atoms with Gasteiger partial charge >= 0.3 is 0 Å². The molecule has 25 heavy (non-hydrogen) atoms. The minimum atomic E-state index is 0.0291. The van der Waals surface area contributed by atoms with Gasteiger partial charge in [0.25, 0.3) is 0 Å². The summed E-state index contributed by atoms with van der Waals surface area (Å²) in [6.45, 7) is 4.80. The van der Waals surface area contributed by atoms with Gasteiger partial charge in [0.15, 0.2) is 0 Å². The summed E-state index contributed by atoms with van der Waals surface area (Å²) in [5.41, 5.74) is 2.90. The monoisotopic (exact) mass is 355 g/mol. The number of aryl methyl sites for hydroxylation is 2. The Labute approximate surface area is 150 Å². The number of piperidine rings is 1. The zero-order valence-electron chi connectivity index (χ0n) is 14.5. The third-order valence-electron chi connectivity index (χ3n) is 4.75. The molecule has 1 unspecified atom stereocenters. The summed E-state index contributed by atoms with van der Waals surface area (Å²) < 4.78 is 1.97. The molecule has 0 saturated carbocycles. The Morgan fingerprint density at radius 2 is 2.20 bits per heavy atom. The number of hydrogen-bond donors (Lipinski definition) is 0. The molecule has 1 saturated heterocycles. The van der Waals surface area contributed by atoms with Crippen molar-refractivity contribution in [3.63, 3.8) is 0 Å². The number of amides is 1. The first-order valence-corrected chi connectivity index (χ1v) is 9.51. The molecule has 0 aromatic carbocycles. The minimum Gasteiger partial charge on any atom is -0.334 e. The number of hydrogen-bond acceptors (Lipinski definition) is 5. The predicted octanol–water partition coefficient (Wildman–Crippen LogP) is 3.10. The number of likely N-dealkylation sites (tertiary alicyclic amines) is 1. The van der Waals surface area contributed by atoms with Crippen LogP contribution in [-0.2, 0) is 11.2 Å². The van der Waals surface area contributed by atoms with Gasteiger partial charge in [-0.1, -0.05) is 0 Å². The van der Waals surface area contributed by atoms with Gasteiger partial charge in [0, 0.05) is 30.0 Å². The maximum absolute atomic E-state index is 12.9. The van der Waals surface area contributed by atoms with Crippen molar-refractivity contribution in [3.05, 3.63) is 45.9 Å². The lowest BCUT2D eigenvalue weighted by atomic mass is 9.98. The lowest BCUT2D eigenvalue weighted by Gasteiger charge is -2.35. The molecule has 3 aromatic heterocycles. The van der Waals surface area contributed by atoms with E-state index >= 15 is 0 Å². The summed E-state index contributed by atoms with van der Waals surface area (Å²) in [6.07, 6.45) is 7.15. The zero-order valence-corrected chi connectivity index (χ0v) is 15.3. The van der Waals surface area contributed by atoms with Crippen molar-refractivity contribution in [1.82, 2.24) is 24.3 Å². The van der Waals surface area contributed by atoms with Crippen LogP contribution in [0.1, 0.15) is 47.4 Å². The summed E-state index contributed by atoms with van der Waals surface area (Å²) in [4.78, 5) is 28.3. The van der Waals surface area contributed by atoms with Crippen LogP contribution in [0.3, 0.4) is 0 Å². The smallest absolute Gasteiger partial charge is 0.234 e. The van der Waals surface area contributed by atoms with Gasteiger partial charge < -0.3 is 4.90 Å². The summed E-state index contributed by atoms with van der Waals surface area (Å²) in [7, 11) is 0. The van der Waals surface area contributed by atoms with E-state index in [4.69, 9.17) is 4.98 Å². The Morgan fingerprint density at radius 3 is 3.00 bits per heavy atom. The van der Waals surface area contributed by atoms with Gasteiger partial charge in [-0.25, -0.2) is 15.0 Å². The first kappa shape index (κ1) is 16.2. The van der Waals surface area contributed by atoms with Gasteiger partial charge in [-0.2, -0.15) is 0 Å². The number of carbonyl (C=O) groups excluding carboxylic acids is 1. The van der Waals surface area contributed by atoms with Gasteiger partial charge in [-0.3, -0.25) is 9.20 Å². The van der Waals surface area contributed by atoms with Crippen molar-refractivity contribution >= 4 is 23.0 Å². The van der Waals surface area contributed by atoms with Crippen LogP contribution in [0, 0.1) is 13.8 Å². The van der Waals surface area contributed by atoms with Crippen molar-refractivity contribution in [2.75, 3.05) is 6.54 Å². The molecular weight excluding hydrogens is 334 g/mol. The average Bonchev–Trinajstić information content (AvgIpc) is 3.24. The lowest BCUT2D eigenvalue weighted by Crippen LogP contribution is -2.39. The Bertz CT molecular complexity index is 915. The van der Waals surface area contributed by atoms with E-state index in [0.29, 0.717) is 12.2 Å². The van der Waals surface area contributed by atoms with E-state index in [1.54, 1.807) is 17.5 Å². The third-order valence-corrected chi connectivity index (χ3v) is 5.57. The second-order valence-electron chi connectivity index (χ2n) is 6.55. The molecule has 3 aromatic rings. The molecule has 1 amide bonds. The SMILES string of the molecule is Cc1nc(CC(=O)N2CCCCC2c2cc(C)n3ccnc3n2)cs1. The molecule has 4 heterocycles.